The second-order valence-electron chi connectivity index (χ2n) is 4.99. The van der Waals surface area contributed by atoms with Crippen LogP contribution in [0.3, 0.4) is 0 Å². The fourth-order valence-corrected chi connectivity index (χ4v) is 2.65. The molecule has 3 rings (SSSR count). The van der Waals surface area contributed by atoms with Crippen molar-refractivity contribution in [2.75, 3.05) is 0 Å². The van der Waals surface area contributed by atoms with Gasteiger partial charge in [-0.15, -0.1) is 0 Å². The third-order valence-corrected chi connectivity index (χ3v) is 4.08. The number of halogens is 1. The topological polar surface area (TPSA) is 44.9 Å². The summed E-state index contributed by atoms with van der Waals surface area (Å²) in [6.45, 7) is 1.98. The number of nitrogens with one attached hydrogen (secondary N) is 2. The second kappa shape index (κ2) is 5.74. The van der Waals surface area contributed by atoms with Gasteiger partial charge in [0.05, 0.1) is 17.1 Å². The number of hydrogen-bond donors (Lipinski definition) is 2. The first-order valence-corrected chi connectivity index (χ1v) is 7.57. The number of carbonyl (C=O) groups is 1. The molecule has 0 bridgehead atoms. The van der Waals surface area contributed by atoms with Crippen LogP contribution in [0, 0.1) is 0 Å². The number of fused-ring (bicyclic) bond motifs is 1. The number of para-hydroxylation sites is 1. The Balaban J connectivity index is 1.83. The Hall–Kier alpha value is -2.07. The van der Waals surface area contributed by atoms with Crippen molar-refractivity contribution in [3.63, 3.8) is 0 Å². The van der Waals surface area contributed by atoms with Crippen molar-refractivity contribution in [3.05, 3.63) is 70.3 Å². The number of hydrogen-bond acceptors (Lipinski definition) is 1. The molecule has 0 aliphatic carbocycles. The highest BCUT2D eigenvalue weighted by molar-refractivity contribution is 9.10. The quantitative estimate of drug-likeness (QED) is 0.726. The molecule has 3 aromatic rings. The summed E-state index contributed by atoms with van der Waals surface area (Å²) >= 11 is 3.41. The molecular formula is C17H15BrN2O. The lowest BCUT2D eigenvalue weighted by Gasteiger charge is -2.15. The third kappa shape index (κ3) is 2.85. The molecule has 0 aliphatic rings. The molecule has 0 radical (unpaired) electrons. The van der Waals surface area contributed by atoms with E-state index in [4.69, 9.17) is 0 Å². The minimum Gasteiger partial charge on any atom is -0.361 e. The van der Waals surface area contributed by atoms with Gasteiger partial charge in [0.25, 0.3) is 5.91 Å². The highest BCUT2D eigenvalue weighted by atomic mass is 79.9. The van der Waals surface area contributed by atoms with Crippen LogP contribution in [0.5, 0.6) is 0 Å². The van der Waals surface area contributed by atoms with E-state index in [9.17, 15) is 4.79 Å². The molecule has 1 heterocycles. The van der Waals surface area contributed by atoms with E-state index in [2.05, 4.69) is 26.2 Å². The van der Waals surface area contributed by atoms with Gasteiger partial charge in [0.15, 0.2) is 0 Å². The lowest BCUT2D eigenvalue weighted by molar-refractivity contribution is 0.0941. The van der Waals surface area contributed by atoms with E-state index >= 15 is 0 Å². The number of H-pyrrole nitrogens is 1. The molecule has 21 heavy (non-hydrogen) atoms. The molecule has 2 aromatic carbocycles. The summed E-state index contributed by atoms with van der Waals surface area (Å²) < 4.78 is 1.03. The van der Waals surface area contributed by atoms with Crippen molar-refractivity contribution in [1.82, 2.24) is 10.3 Å². The van der Waals surface area contributed by atoms with Crippen LogP contribution in [0.25, 0.3) is 10.9 Å². The predicted molar refractivity (Wildman–Crippen MR) is 88.3 cm³/mol. The number of benzene rings is 2. The van der Waals surface area contributed by atoms with Crippen LogP contribution >= 0.6 is 15.9 Å². The van der Waals surface area contributed by atoms with Gasteiger partial charge in [-0.25, -0.2) is 0 Å². The first-order valence-electron chi connectivity index (χ1n) is 6.77. The summed E-state index contributed by atoms with van der Waals surface area (Å²) in [5.41, 5.74) is 2.62. The van der Waals surface area contributed by atoms with E-state index in [0.29, 0.717) is 5.56 Å². The zero-order valence-corrected chi connectivity index (χ0v) is 13.1. The molecule has 1 unspecified atom stereocenters. The molecule has 1 amide bonds. The van der Waals surface area contributed by atoms with Crippen LogP contribution in [0.15, 0.2) is 59.2 Å². The van der Waals surface area contributed by atoms with Gasteiger partial charge in [0.2, 0.25) is 0 Å². The smallest absolute Gasteiger partial charge is 0.253 e. The lowest BCUT2D eigenvalue weighted by Crippen LogP contribution is -2.26. The van der Waals surface area contributed by atoms with Crippen molar-refractivity contribution in [2.45, 2.75) is 13.0 Å². The monoisotopic (exact) mass is 342 g/mol. The molecule has 3 nitrogen and oxygen atoms in total. The Morgan fingerprint density at radius 1 is 1.14 bits per heavy atom. The van der Waals surface area contributed by atoms with E-state index in [1.807, 2.05) is 61.7 Å². The molecular weight excluding hydrogens is 328 g/mol. The van der Waals surface area contributed by atoms with Crippen LogP contribution in [0.2, 0.25) is 0 Å². The minimum absolute atomic E-state index is 0.0455. The molecule has 0 aliphatic heterocycles. The number of rotatable bonds is 3. The Bertz CT molecular complexity index is 777. The predicted octanol–water partition coefficient (Wildman–Crippen LogP) is 4.42. The Kier molecular flexibility index (Phi) is 3.80. The van der Waals surface area contributed by atoms with E-state index in [-0.39, 0.29) is 11.9 Å². The van der Waals surface area contributed by atoms with E-state index in [0.717, 1.165) is 20.9 Å². The van der Waals surface area contributed by atoms with Crippen LogP contribution in [0.1, 0.15) is 28.9 Å². The lowest BCUT2D eigenvalue weighted by atomic mass is 10.1. The maximum absolute atomic E-state index is 12.5. The SMILES string of the molecule is CC(NC(=O)c1cccc2cc[nH]c12)c1ccc(Br)cc1. The van der Waals surface area contributed by atoms with Gasteiger partial charge >= 0.3 is 0 Å². The van der Waals surface area contributed by atoms with Crippen LogP contribution < -0.4 is 5.32 Å². The Labute approximate surface area is 131 Å². The summed E-state index contributed by atoms with van der Waals surface area (Å²) in [6, 6.07) is 15.6. The molecule has 0 saturated heterocycles. The second-order valence-corrected chi connectivity index (χ2v) is 5.91. The van der Waals surface area contributed by atoms with E-state index in [1.54, 1.807) is 0 Å². The van der Waals surface area contributed by atoms with Crippen molar-refractivity contribution in [1.29, 1.82) is 0 Å². The molecule has 0 spiro atoms. The largest absolute Gasteiger partial charge is 0.361 e. The molecule has 106 valence electrons. The normalized spacial score (nSPS) is 12.3. The maximum Gasteiger partial charge on any atom is 0.253 e. The van der Waals surface area contributed by atoms with Crippen LogP contribution in [0.4, 0.5) is 0 Å². The van der Waals surface area contributed by atoms with Crippen molar-refractivity contribution >= 4 is 32.7 Å². The van der Waals surface area contributed by atoms with Crippen molar-refractivity contribution in [2.24, 2.45) is 0 Å². The van der Waals surface area contributed by atoms with Crippen LogP contribution in [-0.2, 0) is 0 Å². The fourth-order valence-electron chi connectivity index (χ4n) is 2.38. The van der Waals surface area contributed by atoms with Gasteiger partial charge in [-0.2, -0.15) is 0 Å². The number of carbonyl (C=O) groups excluding carboxylic acids is 1. The number of amides is 1. The molecule has 1 aromatic heterocycles. The third-order valence-electron chi connectivity index (χ3n) is 3.55. The average molecular weight is 343 g/mol. The van der Waals surface area contributed by atoms with Gasteiger partial charge in [-0.1, -0.05) is 40.2 Å². The molecule has 4 heteroatoms. The average Bonchev–Trinajstić information content (AvgIpc) is 2.96. The Morgan fingerprint density at radius 3 is 2.67 bits per heavy atom. The zero-order valence-electron chi connectivity index (χ0n) is 11.6. The molecule has 1 atom stereocenters. The van der Waals surface area contributed by atoms with Gasteiger partial charge in [0, 0.05) is 16.1 Å². The molecule has 2 N–H and O–H groups in total. The molecule has 0 saturated carbocycles. The van der Waals surface area contributed by atoms with Gasteiger partial charge in [-0.3, -0.25) is 4.79 Å². The van der Waals surface area contributed by atoms with Gasteiger partial charge in [-0.05, 0) is 36.8 Å². The summed E-state index contributed by atoms with van der Waals surface area (Å²) in [7, 11) is 0. The fraction of sp³-hybridized carbons (Fsp3) is 0.118. The summed E-state index contributed by atoms with van der Waals surface area (Å²) in [5.74, 6) is -0.0709. The number of aromatic nitrogens is 1. The van der Waals surface area contributed by atoms with Gasteiger partial charge < -0.3 is 10.3 Å². The van der Waals surface area contributed by atoms with E-state index < -0.39 is 0 Å². The molecule has 0 fully saturated rings. The summed E-state index contributed by atoms with van der Waals surface area (Å²) in [4.78, 5) is 15.6. The highest BCUT2D eigenvalue weighted by Crippen LogP contribution is 2.20. The van der Waals surface area contributed by atoms with Crippen molar-refractivity contribution < 1.29 is 4.79 Å². The highest BCUT2D eigenvalue weighted by Gasteiger charge is 2.14. The maximum atomic E-state index is 12.5. The first kappa shape index (κ1) is 13.9. The minimum atomic E-state index is -0.0709. The van der Waals surface area contributed by atoms with E-state index in [1.165, 1.54) is 0 Å². The Morgan fingerprint density at radius 2 is 1.90 bits per heavy atom. The zero-order chi connectivity index (χ0) is 14.8. The van der Waals surface area contributed by atoms with Crippen LogP contribution in [-0.4, -0.2) is 10.9 Å². The summed E-state index contributed by atoms with van der Waals surface area (Å²) in [6.07, 6.45) is 1.85. The van der Waals surface area contributed by atoms with Crippen molar-refractivity contribution in [3.8, 4) is 0 Å². The number of aromatic amines is 1. The summed E-state index contributed by atoms with van der Waals surface area (Å²) in [5, 5.41) is 4.08. The standard InChI is InChI=1S/C17H15BrN2O/c1-11(12-5-7-14(18)8-6-12)20-17(21)15-4-2-3-13-9-10-19-16(13)15/h2-11,19H,1H3,(H,20,21). The van der Waals surface area contributed by atoms with Gasteiger partial charge in [0.1, 0.15) is 0 Å². The first-order chi connectivity index (χ1) is 10.1.